The third kappa shape index (κ3) is 3.74. The molecule has 1 aromatic heterocycles. The molecule has 3 rings (SSSR count). The molecule has 2 aromatic rings. The summed E-state index contributed by atoms with van der Waals surface area (Å²) in [7, 11) is -1.90. The molecule has 1 atom stereocenters. The Morgan fingerprint density at radius 2 is 1.79 bits per heavy atom. The monoisotopic (exact) mass is 407 g/mol. The SMILES string of the molecule is CC[C@@H](C)c1ccc(S(=O)(=O)N2CCN(c3c([N+](=O)[O-])ncn3C)CC2)cc1. The molecule has 0 unspecified atom stereocenters. The number of aromatic nitrogens is 2. The first kappa shape index (κ1) is 20.3. The third-order valence-electron chi connectivity index (χ3n) is 5.30. The Labute approximate surface area is 164 Å². The van der Waals surface area contributed by atoms with Crippen LogP contribution in [0.2, 0.25) is 0 Å². The van der Waals surface area contributed by atoms with E-state index in [0.29, 0.717) is 24.8 Å². The molecule has 1 saturated heterocycles. The lowest BCUT2D eigenvalue weighted by Crippen LogP contribution is -2.49. The van der Waals surface area contributed by atoms with Gasteiger partial charge in [-0.1, -0.05) is 26.0 Å². The second kappa shape index (κ2) is 7.88. The normalized spacial score (nSPS) is 16.9. The lowest BCUT2D eigenvalue weighted by atomic mass is 9.99. The first-order valence-corrected chi connectivity index (χ1v) is 10.7. The standard InChI is InChI=1S/C18H25N5O4S/c1-4-14(2)15-5-7-16(8-6-15)28(26,27)22-11-9-21(10-12-22)18-17(23(24)25)19-13-20(18)3/h5-8,13-14H,4,9-12H2,1-3H3/t14-/m1/s1. The van der Waals surface area contributed by atoms with Gasteiger partial charge in [0.2, 0.25) is 22.2 Å². The summed E-state index contributed by atoms with van der Waals surface area (Å²) in [5.74, 6) is 0.578. The topological polar surface area (TPSA) is 102 Å². The van der Waals surface area contributed by atoms with Crippen LogP contribution in [0.5, 0.6) is 0 Å². The highest BCUT2D eigenvalue weighted by molar-refractivity contribution is 7.89. The fraction of sp³-hybridized carbons (Fsp3) is 0.500. The fourth-order valence-electron chi connectivity index (χ4n) is 3.40. The number of piperazine rings is 1. The maximum absolute atomic E-state index is 13.0. The van der Waals surface area contributed by atoms with E-state index in [1.54, 1.807) is 23.7 Å². The van der Waals surface area contributed by atoms with E-state index in [1.165, 1.54) is 10.6 Å². The lowest BCUT2D eigenvalue weighted by molar-refractivity contribution is -0.388. The molecule has 28 heavy (non-hydrogen) atoms. The maximum atomic E-state index is 13.0. The van der Waals surface area contributed by atoms with Crippen LogP contribution in [0.1, 0.15) is 31.7 Å². The molecule has 1 aromatic carbocycles. The highest BCUT2D eigenvalue weighted by atomic mass is 32.2. The van der Waals surface area contributed by atoms with Gasteiger partial charge < -0.3 is 15.0 Å². The van der Waals surface area contributed by atoms with E-state index in [4.69, 9.17) is 0 Å². The second-order valence-corrected chi connectivity index (χ2v) is 8.97. The molecule has 0 saturated carbocycles. The molecular formula is C18H25N5O4S. The number of imidazole rings is 1. The molecule has 1 aliphatic rings. The van der Waals surface area contributed by atoms with Gasteiger partial charge in [-0.2, -0.15) is 4.31 Å². The van der Waals surface area contributed by atoms with Crippen molar-refractivity contribution in [1.29, 1.82) is 0 Å². The zero-order valence-corrected chi connectivity index (χ0v) is 17.1. The summed E-state index contributed by atoms with van der Waals surface area (Å²) in [5.41, 5.74) is 1.12. The first-order chi connectivity index (χ1) is 13.3. The predicted octanol–water partition coefficient (Wildman–Crippen LogP) is 2.35. The van der Waals surface area contributed by atoms with Gasteiger partial charge in [-0.15, -0.1) is 0 Å². The highest BCUT2D eigenvalue weighted by Crippen LogP contribution is 2.28. The summed E-state index contributed by atoms with van der Waals surface area (Å²) in [6, 6.07) is 7.07. The maximum Gasteiger partial charge on any atom is 0.406 e. The van der Waals surface area contributed by atoms with Crippen molar-refractivity contribution in [2.24, 2.45) is 7.05 Å². The van der Waals surface area contributed by atoms with Gasteiger partial charge in [0.1, 0.15) is 0 Å². The summed E-state index contributed by atoms with van der Waals surface area (Å²) >= 11 is 0. The average Bonchev–Trinajstić information content (AvgIpc) is 3.09. The van der Waals surface area contributed by atoms with Gasteiger partial charge >= 0.3 is 5.82 Å². The molecule has 152 valence electrons. The van der Waals surface area contributed by atoms with Crippen molar-refractivity contribution in [3.05, 3.63) is 46.3 Å². The summed E-state index contributed by atoms with van der Waals surface area (Å²) < 4.78 is 28.9. The van der Waals surface area contributed by atoms with Gasteiger partial charge in [0.05, 0.1) is 4.90 Å². The summed E-state index contributed by atoms with van der Waals surface area (Å²) in [4.78, 5) is 16.6. The smallest absolute Gasteiger partial charge is 0.358 e. The van der Waals surface area contributed by atoms with Gasteiger partial charge in [-0.3, -0.25) is 4.57 Å². The molecule has 9 nitrogen and oxygen atoms in total. The van der Waals surface area contributed by atoms with Crippen LogP contribution < -0.4 is 4.90 Å². The van der Waals surface area contributed by atoms with Crippen LogP contribution >= 0.6 is 0 Å². The minimum absolute atomic E-state index is 0.209. The summed E-state index contributed by atoms with van der Waals surface area (Å²) in [5, 5.41) is 11.2. The Morgan fingerprint density at radius 1 is 1.18 bits per heavy atom. The van der Waals surface area contributed by atoms with Crippen molar-refractivity contribution in [3.63, 3.8) is 0 Å². The minimum atomic E-state index is -3.59. The van der Waals surface area contributed by atoms with Crippen molar-refractivity contribution in [2.45, 2.75) is 31.1 Å². The number of rotatable bonds is 6. The molecule has 0 aliphatic carbocycles. The summed E-state index contributed by atoms with van der Waals surface area (Å²) in [6.45, 7) is 5.46. The minimum Gasteiger partial charge on any atom is -0.358 e. The summed E-state index contributed by atoms with van der Waals surface area (Å²) in [6.07, 6.45) is 2.39. The molecule has 1 aliphatic heterocycles. The van der Waals surface area contributed by atoms with Crippen LogP contribution in [0.3, 0.4) is 0 Å². The van der Waals surface area contributed by atoms with Gasteiger partial charge in [-0.25, -0.2) is 8.42 Å². The molecule has 0 spiro atoms. The Bertz CT molecular complexity index is 947. The zero-order valence-electron chi connectivity index (χ0n) is 16.3. The van der Waals surface area contributed by atoms with Gasteiger partial charge in [0, 0.05) is 33.2 Å². The Morgan fingerprint density at radius 3 is 2.32 bits per heavy atom. The second-order valence-electron chi connectivity index (χ2n) is 7.03. The van der Waals surface area contributed by atoms with Gasteiger partial charge in [-0.05, 0) is 39.9 Å². The average molecular weight is 407 g/mol. The number of hydrogen-bond acceptors (Lipinski definition) is 6. The van der Waals surface area contributed by atoms with E-state index in [9.17, 15) is 18.5 Å². The Kier molecular flexibility index (Phi) is 5.71. The number of sulfonamides is 1. The number of nitrogens with zero attached hydrogens (tertiary/aromatic N) is 5. The largest absolute Gasteiger partial charge is 0.406 e. The van der Waals surface area contributed by atoms with Crippen molar-refractivity contribution >= 4 is 21.7 Å². The quantitative estimate of drug-likeness (QED) is 0.538. The fourth-order valence-corrected chi connectivity index (χ4v) is 4.82. The Balaban J connectivity index is 1.74. The zero-order chi connectivity index (χ0) is 20.5. The first-order valence-electron chi connectivity index (χ1n) is 9.26. The van der Waals surface area contributed by atoms with E-state index in [-0.39, 0.29) is 23.8 Å². The van der Waals surface area contributed by atoms with E-state index in [2.05, 4.69) is 18.8 Å². The number of hydrogen-bond donors (Lipinski definition) is 0. The highest BCUT2D eigenvalue weighted by Gasteiger charge is 2.32. The van der Waals surface area contributed by atoms with E-state index < -0.39 is 14.9 Å². The van der Waals surface area contributed by atoms with E-state index in [0.717, 1.165) is 12.0 Å². The number of anilines is 1. The van der Waals surface area contributed by atoms with Crippen molar-refractivity contribution in [3.8, 4) is 0 Å². The van der Waals surface area contributed by atoms with Crippen LogP contribution in [-0.2, 0) is 17.1 Å². The molecule has 2 heterocycles. The van der Waals surface area contributed by atoms with Crippen LogP contribution in [-0.4, -0.2) is 53.4 Å². The van der Waals surface area contributed by atoms with Crippen LogP contribution in [0.25, 0.3) is 0 Å². The number of benzene rings is 1. The van der Waals surface area contributed by atoms with E-state index in [1.807, 2.05) is 17.0 Å². The molecule has 10 heteroatoms. The molecule has 0 N–H and O–H groups in total. The van der Waals surface area contributed by atoms with Crippen molar-refractivity contribution in [1.82, 2.24) is 13.9 Å². The molecule has 1 fully saturated rings. The molecule has 0 bridgehead atoms. The van der Waals surface area contributed by atoms with Crippen LogP contribution in [0, 0.1) is 10.1 Å². The van der Waals surface area contributed by atoms with Crippen LogP contribution in [0.4, 0.5) is 11.6 Å². The van der Waals surface area contributed by atoms with Gasteiger partial charge in [0.15, 0.2) is 0 Å². The molecule has 0 amide bonds. The van der Waals surface area contributed by atoms with Crippen molar-refractivity contribution in [2.75, 3.05) is 31.1 Å². The predicted molar refractivity (Wildman–Crippen MR) is 106 cm³/mol. The lowest BCUT2D eigenvalue weighted by Gasteiger charge is -2.34. The molecular weight excluding hydrogens is 382 g/mol. The number of aryl methyl sites for hydroxylation is 1. The van der Waals surface area contributed by atoms with Crippen molar-refractivity contribution < 1.29 is 13.3 Å². The molecule has 0 radical (unpaired) electrons. The number of nitro groups is 1. The van der Waals surface area contributed by atoms with Gasteiger partial charge in [0.25, 0.3) is 0 Å². The Hall–Kier alpha value is -2.46. The third-order valence-corrected chi connectivity index (χ3v) is 7.21. The van der Waals surface area contributed by atoms with E-state index >= 15 is 0 Å². The van der Waals surface area contributed by atoms with Crippen LogP contribution in [0.15, 0.2) is 35.5 Å².